The highest BCUT2D eigenvalue weighted by Crippen LogP contribution is 2.39. The molecule has 0 radical (unpaired) electrons. The van der Waals surface area contributed by atoms with E-state index in [0.717, 1.165) is 12.8 Å². The highest BCUT2D eigenvalue weighted by atomic mass is 16.6. The minimum Gasteiger partial charge on any atom is -0.444 e. The van der Waals surface area contributed by atoms with Crippen LogP contribution in [0, 0.1) is 11.8 Å². The molecule has 5 heteroatoms. The molecule has 2 bridgehead atoms. The molecule has 2 aliphatic rings. The molecule has 2 fully saturated rings. The first-order valence-electron chi connectivity index (χ1n) is 6.45. The van der Waals surface area contributed by atoms with Gasteiger partial charge in [-0.3, -0.25) is 0 Å². The molecule has 1 saturated heterocycles. The summed E-state index contributed by atoms with van der Waals surface area (Å²) in [5, 5.41) is 0. The number of fused-ring (bicyclic) bond motifs is 2. The third-order valence-electron chi connectivity index (χ3n) is 3.64. The first-order valence-corrected chi connectivity index (χ1v) is 6.45. The molecule has 0 aromatic carbocycles. The molecule has 1 aliphatic heterocycles. The summed E-state index contributed by atoms with van der Waals surface area (Å²) < 4.78 is 5.38. The lowest BCUT2D eigenvalue weighted by Gasteiger charge is -2.36. The second kappa shape index (κ2) is 4.73. The molecule has 2 rings (SSSR count). The summed E-state index contributed by atoms with van der Waals surface area (Å²) in [4.78, 5) is 28.0. The van der Waals surface area contributed by atoms with Crippen LogP contribution in [0.4, 0.5) is 4.79 Å². The molecular formula is C13H20N2O3. The summed E-state index contributed by atoms with van der Waals surface area (Å²) in [6, 6.07) is 0.0567. The van der Waals surface area contributed by atoms with Gasteiger partial charge in [-0.1, -0.05) is 0 Å². The summed E-state index contributed by atoms with van der Waals surface area (Å²) in [6.07, 6.45) is 3.46. The third-order valence-corrected chi connectivity index (χ3v) is 3.64. The van der Waals surface area contributed by atoms with Crippen LogP contribution in [0.15, 0.2) is 4.99 Å². The Bertz CT molecular complexity index is 368. The van der Waals surface area contributed by atoms with Crippen molar-refractivity contribution in [3.8, 4) is 0 Å². The normalized spacial score (nSPS) is 30.8. The number of carbonyl (C=O) groups excluding carboxylic acids is 2. The quantitative estimate of drug-likeness (QED) is 0.529. The molecule has 1 aliphatic carbocycles. The van der Waals surface area contributed by atoms with E-state index in [4.69, 9.17) is 4.74 Å². The van der Waals surface area contributed by atoms with E-state index >= 15 is 0 Å². The summed E-state index contributed by atoms with van der Waals surface area (Å²) >= 11 is 0. The van der Waals surface area contributed by atoms with E-state index in [-0.39, 0.29) is 24.0 Å². The Morgan fingerprint density at radius 3 is 2.28 bits per heavy atom. The first-order chi connectivity index (χ1) is 8.40. The first kappa shape index (κ1) is 13.1. The van der Waals surface area contributed by atoms with E-state index in [9.17, 15) is 9.59 Å². The van der Waals surface area contributed by atoms with Crippen molar-refractivity contribution in [1.29, 1.82) is 0 Å². The Kier molecular flexibility index (Phi) is 3.44. The zero-order valence-corrected chi connectivity index (χ0v) is 11.2. The molecule has 0 aromatic rings. The zero-order chi connectivity index (χ0) is 13.3. The van der Waals surface area contributed by atoms with E-state index in [1.165, 1.54) is 0 Å². The summed E-state index contributed by atoms with van der Waals surface area (Å²) in [5.41, 5.74) is -0.464. The van der Waals surface area contributed by atoms with Crippen LogP contribution in [0.3, 0.4) is 0 Å². The third kappa shape index (κ3) is 2.72. The van der Waals surface area contributed by atoms with Gasteiger partial charge in [0, 0.05) is 24.9 Å². The average molecular weight is 252 g/mol. The topological polar surface area (TPSA) is 59.0 Å². The fourth-order valence-electron chi connectivity index (χ4n) is 2.94. The number of isocyanates is 1. The molecule has 0 spiro atoms. The van der Waals surface area contributed by atoms with Gasteiger partial charge in [-0.2, -0.15) is 0 Å². The Labute approximate surface area is 107 Å². The fourth-order valence-corrected chi connectivity index (χ4v) is 2.94. The van der Waals surface area contributed by atoms with E-state index in [0.29, 0.717) is 13.1 Å². The SMILES string of the molecule is CC(C)(C)OC(=O)N1CC2CCC(C1)C2N=C=O. The number of rotatable bonds is 1. The smallest absolute Gasteiger partial charge is 0.410 e. The maximum absolute atomic E-state index is 12.0. The van der Waals surface area contributed by atoms with Crippen LogP contribution in [-0.4, -0.2) is 41.8 Å². The van der Waals surface area contributed by atoms with Crippen LogP contribution in [0.2, 0.25) is 0 Å². The second-order valence-corrected chi connectivity index (χ2v) is 6.19. The van der Waals surface area contributed by atoms with Crippen molar-refractivity contribution >= 4 is 12.2 Å². The van der Waals surface area contributed by atoms with Crippen molar-refractivity contribution < 1.29 is 14.3 Å². The van der Waals surface area contributed by atoms with Gasteiger partial charge in [0.1, 0.15) is 5.60 Å². The minimum absolute atomic E-state index is 0.0567. The fraction of sp³-hybridized carbons (Fsp3) is 0.846. The number of hydrogen-bond acceptors (Lipinski definition) is 4. The van der Waals surface area contributed by atoms with Crippen LogP contribution in [0.1, 0.15) is 33.6 Å². The predicted octanol–water partition coefficient (Wildman–Crippen LogP) is 1.97. The minimum atomic E-state index is -0.464. The van der Waals surface area contributed by atoms with Crippen LogP contribution in [0.25, 0.3) is 0 Å². The van der Waals surface area contributed by atoms with Gasteiger partial charge in [-0.15, -0.1) is 0 Å². The van der Waals surface area contributed by atoms with Crippen LogP contribution in [0.5, 0.6) is 0 Å². The molecule has 0 N–H and O–H groups in total. The van der Waals surface area contributed by atoms with E-state index in [1.54, 1.807) is 11.0 Å². The van der Waals surface area contributed by atoms with Crippen LogP contribution >= 0.6 is 0 Å². The van der Waals surface area contributed by atoms with Crippen molar-refractivity contribution in [1.82, 2.24) is 4.90 Å². The van der Waals surface area contributed by atoms with Gasteiger partial charge in [0.15, 0.2) is 0 Å². The molecule has 18 heavy (non-hydrogen) atoms. The number of hydrogen-bond donors (Lipinski definition) is 0. The Morgan fingerprint density at radius 2 is 1.83 bits per heavy atom. The number of carbonyl (C=O) groups is 1. The van der Waals surface area contributed by atoms with Gasteiger partial charge in [0.2, 0.25) is 6.08 Å². The molecule has 1 saturated carbocycles. The summed E-state index contributed by atoms with van der Waals surface area (Å²) in [6.45, 7) is 6.87. The monoisotopic (exact) mass is 252 g/mol. The lowest BCUT2D eigenvalue weighted by atomic mass is 9.93. The van der Waals surface area contributed by atoms with Crippen LogP contribution in [-0.2, 0) is 9.53 Å². The number of amides is 1. The lowest BCUT2D eigenvalue weighted by molar-refractivity contribution is 0.0135. The van der Waals surface area contributed by atoms with Crippen LogP contribution < -0.4 is 0 Å². The second-order valence-electron chi connectivity index (χ2n) is 6.19. The zero-order valence-electron chi connectivity index (χ0n) is 11.2. The molecule has 100 valence electrons. The van der Waals surface area contributed by atoms with Gasteiger partial charge >= 0.3 is 6.09 Å². The van der Waals surface area contributed by atoms with E-state index < -0.39 is 5.60 Å². The van der Waals surface area contributed by atoms with Gasteiger partial charge in [0.25, 0.3) is 0 Å². The van der Waals surface area contributed by atoms with Gasteiger partial charge in [-0.25, -0.2) is 14.6 Å². The summed E-state index contributed by atoms with van der Waals surface area (Å²) in [7, 11) is 0. The predicted molar refractivity (Wildman–Crippen MR) is 65.9 cm³/mol. The number of likely N-dealkylation sites (tertiary alicyclic amines) is 1. The largest absolute Gasteiger partial charge is 0.444 e. The molecule has 1 amide bonds. The standard InChI is InChI=1S/C13H20N2O3/c1-13(2,3)18-12(17)15-6-9-4-5-10(7-15)11(9)14-8-16/h9-11H,4-7H2,1-3H3. The molecule has 0 aromatic heterocycles. The number of aliphatic imine (C=N–C) groups is 1. The molecule has 5 nitrogen and oxygen atoms in total. The maximum Gasteiger partial charge on any atom is 0.410 e. The van der Waals surface area contributed by atoms with Crippen molar-refractivity contribution in [3.05, 3.63) is 0 Å². The number of nitrogens with zero attached hydrogens (tertiary/aromatic N) is 2. The van der Waals surface area contributed by atoms with E-state index in [1.807, 2.05) is 20.8 Å². The number of piperidine rings is 1. The van der Waals surface area contributed by atoms with Crippen molar-refractivity contribution in [3.63, 3.8) is 0 Å². The maximum atomic E-state index is 12.0. The number of ether oxygens (including phenoxy) is 1. The van der Waals surface area contributed by atoms with Gasteiger partial charge < -0.3 is 9.64 Å². The molecular weight excluding hydrogens is 232 g/mol. The lowest BCUT2D eigenvalue weighted by Crippen LogP contribution is -2.48. The highest BCUT2D eigenvalue weighted by molar-refractivity contribution is 5.68. The molecule has 2 unspecified atom stereocenters. The van der Waals surface area contributed by atoms with Crippen molar-refractivity contribution in [2.75, 3.05) is 13.1 Å². The van der Waals surface area contributed by atoms with Gasteiger partial charge in [0.05, 0.1) is 6.04 Å². The average Bonchev–Trinajstić information content (AvgIpc) is 2.49. The Balaban J connectivity index is 2.00. The Hall–Kier alpha value is -1.35. The van der Waals surface area contributed by atoms with Gasteiger partial charge in [-0.05, 0) is 33.6 Å². The highest BCUT2D eigenvalue weighted by Gasteiger charge is 2.44. The summed E-state index contributed by atoms with van der Waals surface area (Å²) in [5.74, 6) is 0.579. The molecule has 1 heterocycles. The van der Waals surface area contributed by atoms with Crippen molar-refractivity contribution in [2.24, 2.45) is 16.8 Å². The Morgan fingerprint density at radius 1 is 1.28 bits per heavy atom. The van der Waals surface area contributed by atoms with E-state index in [2.05, 4.69) is 4.99 Å². The van der Waals surface area contributed by atoms with Crippen molar-refractivity contribution in [2.45, 2.75) is 45.3 Å². The molecule has 2 atom stereocenters.